The minimum absolute atomic E-state index is 0.273. The molecule has 1 saturated heterocycles. The summed E-state index contributed by atoms with van der Waals surface area (Å²) in [5, 5.41) is 11.7. The van der Waals surface area contributed by atoms with Gasteiger partial charge in [-0.15, -0.1) is 0 Å². The van der Waals surface area contributed by atoms with Crippen molar-refractivity contribution in [1.29, 1.82) is 5.26 Å². The molecule has 0 aromatic carbocycles. The van der Waals surface area contributed by atoms with Crippen LogP contribution in [0.15, 0.2) is 0 Å². The number of rotatable bonds is 4. The smallest absolute Gasteiger partial charge is 0.0826 e. The highest BCUT2D eigenvalue weighted by Gasteiger charge is 2.23. The molecule has 1 aliphatic rings. The van der Waals surface area contributed by atoms with Crippen LogP contribution in [0.25, 0.3) is 0 Å². The van der Waals surface area contributed by atoms with E-state index < -0.39 is 0 Å². The average Bonchev–Trinajstić information content (AvgIpc) is 2.19. The summed E-state index contributed by atoms with van der Waals surface area (Å²) in [4.78, 5) is 2.33. The van der Waals surface area contributed by atoms with Gasteiger partial charge in [0.1, 0.15) is 0 Å². The maximum Gasteiger partial charge on any atom is 0.0826 e. The van der Waals surface area contributed by atoms with E-state index in [1.807, 2.05) is 7.05 Å². The Labute approximate surface area is 85.8 Å². The Balaban J connectivity index is 2.35. The van der Waals surface area contributed by atoms with Crippen molar-refractivity contribution >= 4 is 0 Å². The lowest BCUT2D eigenvalue weighted by molar-refractivity contribution is -0.0381. The van der Waals surface area contributed by atoms with Crippen LogP contribution in [-0.4, -0.2) is 50.3 Å². The van der Waals surface area contributed by atoms with E-state index in [1.54, 1.807) is 0 Å². The van der Waals surface area contributed by atoms with E-state index in [2.05, 4.69) is 23.2 Å². The fourth-order valence-electron chi connectivity index (χ4n) is 1.75. The highest BCUT2D eigenvalue weighted by molar-refractivity contribution is 4.83. The molecule has 0 aromatic rings. The molecular formula is C10H19N3O. The van der Waals surface area contributed by atoms with Crippen LogP contribution in [0, 0.1) is 11.3 Å². The molecule has 0 aromatic heterocycles. The van der Waals surface area contributed by atoms with Gasteiger partial charge in [-0.1, -0.05) is 0 Å². The largest absolute Gasteiger partial charge is 0.374 e. The normalized spacial score (nSPS) is 25.6. The third-order valence-electron chi connectivity index (χ3n) is 2.61. The minimum Gasteiger partial charge on any atom is -0.374 e. The molecule has 2 unspecified atom stereocenters. The molecule has 1 N–H and O–H groups in total. The van der Waals surface area contributed by atoms with E-state index in [9.17, 15) is 0 Å². The Kier molecular flexibility index (Phi) is 4.88. The number of nitrogens with zero attached hydrogens (tertiary/aromatic N) is 2. The molecular weight excluding hydrogens is 178 g/mol. The van der Waals surface area contributed by atoms with Crippen molar-refractivity contribution < 1.29 is 4.74 Å². The van der Waals surface area contributed by atoms with Gasteiger partial charge < -0.3 is 10.1 Å². The van der Waals surface area contributed by atoms with Crippen LogP contribution in [0.1, 0.15) is 13.3 Å². The summed E-state index contributed by atoms with van der Waals surface area (Å²) in [5.41, 5.74) is 0. The molecule has 14 heavy (non-hydrogen) atoms. The standard InChI is InChI=1S/C10H19N3O/c1-9(3-4-11)13-5-6-14-10(8-13)7-12-2/h9-10,12H,3,5-8H2,1-2H3. The Morgan fingerprint density at radius 3 is 3.14 bits per heavy atom. The van der Waals surface area contributed by atoms with Crippen molar-refractivity contribution in [2.24, 2.45) is 0 Å². The predicted octanol–water partition coefficient (Wildman–Crippen LogP) is 0.209. The first kappa shape index (κ1) is 11.4. The zero-order valence-electron chi connectivity index (χ0n) is 8.99. The number of nitriles is 1. The van der Waals surface area contributed by atoms with Crippen LogP contribution in [0.4, 0.5) is 0 Å². The lowest BCUT2D eigenvalue weighted by atomic mass is 10.1. The molecule has 0 saturated carbocycles. The number of morpholine rings is 1. The number of likely N-dealkylation sites (N-methyl/N-ethyl adjacent to an activating group) is 1. The van der Waals surface area contributed by atoms with E-state index in [4.69, 9.17) is 10.00 Å². The van der Waals surface area contributed by atoms with Gasteiger partial charge in [0.05, 0.1) is 25.2 Å². The maximum atomic E-state index is 8.62. The predicted molar refractivity (Wildman–Crippen MR) is 54.9 cm³/mol. The second-order valence-corrected chi connectivity index (χ2v) is 3.76. The molecule has 4 nitrogen and oxygen atoms in total. The topological polar surface area (TPSA) is 48.3 Å². The van der Waals surface area contributed by atoms with Gasteiger partial charge in [-0.3, -0.25) is 4.90 Å². The Bertz CT molecular complexity index is 200. The molecule has 4 heteroatoms. The van der Waals surface area contributed by atoms with Gasteiger partial charge in [-0.25, -0.2) is 0 Å². The van der Waals surface area contributed by atoms with E-state index in [-0.39, 0.29) is 6.10 Å². The molecule has 1 aliphatic heterocycles. The summed E-state index contributed by atoms with van der Waals surface area (Å²) in [6.07, 6.45) is 0.876. The lowest BCUT2D eigenvalue weighted by Gasteiger charge is -2.36. The van der Waals surface area contributed by atoms with Crippen molar-refractivity contribution in [3.05, 3.63) is 0 Å². The average molecular weight is 197 g/mol. The van der Waals surface area contributed by atoms with E-state index in [0.29, 0.717) is 12.5 Å². The third kappa shape index (κ3) is 3.26. The van der Waals surface area contributed by atoms with Crippen molar-refractivity contribution in [1.82, 2.24) is 10.2 Å². The lowest BCUT2D eigenvalue weighted by Crippen LogP contribution is -2.49. The van der Waals surface area contributed by atoms with Gasteiger partial charge in [0.2, 0.25) is 0 Å². The molecule has 0 amide bonds. The molecule has 2 atom stereocenters. The minimum atomic E-state index is 0.273. The molecule has 0 radical (unpaired) electrons. The first-order valence-corrected chi connectivity index (χ1v) is 5.15. The molecule has 80 valence electrons. The van der Waals surface area contributed by atoms with Crippen LogP contribution in [-0.2, 0) is 4.74 Å². The summed E-state index contributed by atoms with van der Waals surface area (Å²) in [7, 11) is 1.93. The Hall–Kier alpha value is -0.630. The summed E-state index contributed by atoms with van der Waals surface area (Å²) in [6.45, 7) is 5.65. The fourth-order valence-corrected chi connectivity index (χ4v) is 1.75. The van der Waals surface area contributed by atoms with Crippen molar-refractivity contribution in [3.63, 3.8) is 0 Å². The number of hydrogen-bond donors (Lipinski definition) is 1. The second-order valence-electron chi connectivity index (χ2n) is 3.76. The molecule has 1 heterocycles. The highest BCUT2D eigenvalue weighted by Crippen LogP contribution is 2.10. The maximum absolute atomic E-state index is 8.62. The summed E-state index contributed by atoms with van der Waals surface area (Å²) >= 11 is 0. The first-order chi connectivity index (χ1) is 6.77. The SMILES string of the molecule is CNCC1CN(C(C)CC#N)CCO1. The molecule has 0 aliphatic carbocycles. The monoisotopic (exact) mass is 197 g/mol. The summed E-state index contributed by atoms with van der Waals surface area (Å²) in [5.74, 6) is 0. The highest BCUT2D eigenvalue weighted by atomic mass is 16.5. The van der Waals surface area contributed by atoms with Gasteiger partial charge in [0.15, 0.2) is 0 Å². The first-order valence-electron chi connectivity index (χ1n) is 5.15. The van der Waals surface area contributed by atoms with Gasteiger partial charge >= 0.3 is 0 Å². The number of hydrogen-bond acceptors (Lipinski definition) is 4. The van der Waals surface area contributed by atoms with Crippen LogP contribution in [0.2, 0.25) is 0 Å². The molecule has 1 fully saturated rings. The third-order valence-corrected chi connectivity index (χ3v) is 2.61. The van der Waals surface area contributed by atoms with Crippen molar-refractivity contribution in [3.8, 4) is 6.07 Å². The summed E-state index contributed by atoms with van der Waals surface area (Å²) in [6, 6.07) is 2.56. The van der Waals surface area contributed by atoms with E-state index in [0.717, 1.165) is 26.2 Å². The van der Waals surface area contributed by atoms with Crippen LogP contribution >= 0.6 is 0 Å². The van der Waals surface area contributed by atoms with E-state index in [1.165, 1.54) is 0 Å². The Morgan fingerprint density at radius 1 is 1.71 bits per heavy atom. The van der Waals surface area contributed by atoms with Crippen LogP contribution in [0.5, 0.6) is 0 Å². The van der Waals surface area contributed by atoms with Crippen molar-refractivity contribution in [2.45, 2.75) is 25.5 Å². The zero-order valence-corrected chi connectivity index (χ0v) is 8.99. The zero-order chi connectivity index (χ0) is 10.4. The molecule has 0 spiro atoms. The Morgan fingerprint density at radius 2 is 2.50 bits per heavy atom. The molecule has 1 rings (SSSR count). The number of ether oxygens (including phenoxy) is 1. The number of nitrogens with one attached hydrogen (secondary N) is 1. The quantitative estimate of drug-likeness (QED) is 0.700. The summed E-state index contributed by atoms with van der Waals surface area (Å²) < 4.78 is 5.59. The fraction of sp³-hybridized carbons (Fsp3) is 0.900. The molecule has 0 bridgehead atoms. The van der Waals surface area contributed by atoms with Gasteiger partial charge in [-0.05, 0) is 14.0 Å². The second kappa shape index (κ2) is 5.97. The van der Waals surface area contributed by atoms with Crippen molar-refractivity contribution in [2.75, 3.05) is 33.3 Å². The van der Waals surface area contributed by atoms with Gasteiger partial charge in [0.25, 0.3) is 0 Å². The van der Waals surface area contributed by atoms with Gasteiger partial charge in [-0.2, -0.15) is 5.26 Å². The van der Waals surface area contributed by atoms with E-state index >= 15 is 0 Å². The van der Waals surface area contributed by atoms with Crippen LogP contribution in [0.3, 0.4) is 0 Å². The van der Waals surface area contributed by atoms with Crippen LogP contribution < -0.4 is 5.32 Å². The van der Waals surface area contributed by atoms with Gasteiger partial charge in [0, 0.05) is 25.7 Å².